The molecule has 1 aliphatic heterocycles. The van der Waals surface area contributed by atoms with E-state index in [9.17, 15) is 18.0 Å². The zero-order chi connectivity index (χ0) is 20.1. The van der Waals surface area contributed by atoms with E-state index in [0.717, 1.165) is 24.1 Å². The van der Waals surface area contributed by atoms with E-state index >= 15 is 0 Å². The smallest absolute Gasteiger partial charge is 0.252 e. The van der Waals surface area contributed by atoms with E-state index in [1.54, 1.807) is 36.4 Å². The van der Waals surface area contributed by atoms with Crippen molar-refractivity contribution < 1.29 is 18.0 Å². The standard InChI is InChI=1S/C19H23N3O4S2/c1-14(23)21-16-7-5-6-15(12-16)19(24)20-13-17-8-9-18(27-17)28(25,26)22-10-3-2-4-11-22/h5-9,12H,2-4,10-11,13H2,1H3,(H,20,24)(H,21,23). The maximum Gasteiger partial charge on any atom is 0.252 e. The topological polar surface area (TPSA) is 95.6 Å². The quantitative estimate of drug-likeness (QED) is 0.750. The lowest BCUT2D eigenvalue weighted by molar-refractivity contribution is -0.114. The molecule has 0 unspecified atom stereocenters. The molecule has 1 aromatic carbocycles. The molecule has 0 saturated carbocycles. The first-order valence-corrected chi connectivity index (χ1v) is 11.4. The van der Waals surface area contributed by atoms with Gasteiger partial charge in [0.25, 0.3) is 15.9 Å². The maximum absolute atomic E-state index is 12.7. The van der Waals surface area contributed by atoms with Gasteiger partial charge in [-0.3, -0.25) is 9.59 Å². The van der Waals surface area contributed by atoms with Gasteiger partial charge in [0.2, 0.25) is 5.91 Å². The molecular formula is C19H23N3O4S2. The van der Waals surface area contributed by atoms with Gasteiger partial charge in [-0.1, -0.05) is 12.5 Å². The first-order chi connectivity index (χ1) is 13.4. The van der Waals surface area contributed by atoms with Crippen molar-refractivity contribution in [2.24, 2.45) is 0 Å². The molecule has 2 N–H and O–H groups in total. The first-order valence-electron chi connectivity index (χ1n) is 9.11. The minimum atomic E-state index is -3.45. The highest BCUT2D eigenvalue weighted by molar-refractivity contribution is 7.91. The van der Waals surface area contributed by atoms with Gasteiger partial charge in [-0.05, 0) is 43.2 Å². The molecule has 3 rings (SSSR count). The molecular weight excluding hydrogens is 398 g/mol. The van der Waals surface area contributed by atoms with Gasteiger partial charge in [-0.2, -0.15) is 4.31 Å². The Kier molecular flexibility index (Phi) is 6.48. The Balaban J connectivity index is 1.62. The molecule has 2 heterocycles. The molecule has 7 nitrogen and oxygen atoms in total. The number of sulfonamides is 1. The van der Waals surface area contributed by atoms with Gasteiger partial charge in [0.15, 0.2) is 0 Å². The molecule has 1 fully saturated rings. The first kappa shape index (κ1) is 20.5. The number of rotatable bonds is 6. The second-order valence-corrected chi connectivity index (χ2v) is 9.96. The van der Waals surface area contributed by atoms with Gasteiger partial charge < -0.3 is 10.6 Å². The third-order valence-corrected chi connectivity index (χ3v) is 7.87. The van der Waals surface area contributed by atoms with Crippen molar-refractivity contribution >= 4 is 38.9 Å². The van der Waals surface area contributed by atoms with E-state index in [1.165, 1.54) is 22.6 Å². The molecule has 0 radical (unpaired) electrons. The number of carbonyl (C=O) groups excluding carboxylic acids is 2. The second kappa shape index (κ2) is 8.85. The number of thiophene rings is 1. The lowest BCUT2D eigenvalue weighted by Crippen LogP contribution is -2.35. The average Bonchev–Trinajstić information content (AvgIpc) is 3.16. The van der Waals surface area contributed by atoms with Crippen LogP contribution in [0.5, 0.6) is 0 Å². The maximum atomic E-state index is 12.7. The fraction of sp³-hybridized carbons (Fsp3) is 0.368. The van der Waals surface area contributed by atoms with Crippen LogP contribution in [0.4, 0.5) is 5.69 Å². The lowest BCUT2D eigenvalue weighted by Gasteiger charge is -2.25. The molecule has 2 amide bonds. The number of amides is 2. The molecule has 9 heteroatoms. The van der Waals surface area contributed by atoms with E-state index in [2.05, 4.69) is 10.6 Å². The average molecular weight is 422 g/mol. The van der Waals surface area contributed by atoms with Crippen LogP contribution in [0, 0.1) is 0 Å². The van der Waals surface area contributed by atoms with Crippen LogP contribution in [-0.4, -0.2) is 37.6 Å². The summed E-state index contributed by atoms with van der Waals surface area (Å²) in [6.45, 7) is 2.77. The van der Waals surface area contributed by atoms with Crippen molar-refractivity contribution in [3.63, 3.8) is 0 Å². The minimum absolute atomic E-state index is 0.210. The number of nitrogens with zero attached hydrogens (tertiary/aromatic N) is 1. The Labute approximate surface area is 168 Å². The molecule has 0 aliphatic carbocycles. The van der Waals surface area contributed by atoms with E-state index in [0.29, 0.717) is 28.5 Å². The Morgan fingerprint density at radius 1 is 1.11 bits per heavy atom. The van der Waals surface area contributed by atoms with Crippen LogP contribution >= 0.6 is 11.3 Å². The molecule has 1 aromatic heterocycles. The fourth-order valence-corrected chi connectivity index (χ4v) is 6.00. The molecule has 2 aromatic rings. The van der Waals surface area contributed by atoms with Crippen LogP contribution < -0.4 is 10.6 Å². The fourth-order valence-electron chi connectivity index (χ4n) is 3.04. The minimum Gasteiger partial charge on any atom is -0.347 e. The van der Waals surface area contributed by atoms with Crippen LogP contribution in [0.15, 0.2) is 40.6 Å². The summed E-state index contributed by atoms with van der Waals surface area (Å²) in [5.41, 5.74) is 0.968. The zero-order valence-corrected chi connectivity index (χ0v) is 17.2. The van der Waals surface area contributed by atoms with E-state index in [4.69, 9.17) is 0 Å². The van der Waals surface area contributed by atoms with Crippen LogP contribution in [0.2, 0.25) is 0 Å². The number of carbonyl (C=O) groups is 2. The molecule has 28 heavy (non-hydrogen) atoms. The van der Waals surface area contributed by atoms with Gasteiger partial charge in [-0.25, -0.2) is 8.42 Å². The summed E-state index contributed by atoms with van der Waals surface area (Å²) < 4.78 is 27.3. The lowest BCUT2D eigenvalue weighted by atomic mass is 10.2. The molecule has 0 bridgehead atoms. The number of piperidine rings is 1. The largest absolute Gasteiger partial charge is 0.347 e. The number of nitrogens with one attached hydrogen (secondary N) is 2. The molecule has 0 atom stereocenters. The van der Waals surface area contributed by atoms with Gasteiger partial charge in [-0.15, -0.1) is 11.3 Å². The summed E-state index contributed by atoms with van der Waals surface area (Å²) in [5.74, 6) is -0.500. The van der Waals surface area contributed by atoms with Crippen molar-refractivity contribution in [1.82, 2.24) is 9.62 Å². The van der Waals surface area contributed by atoms with E-state index in [1.807, 2.05) is 0 Å². The Bertz CT molecular complexity index is 963. The highest BCUT2D eigenvalue weighted by atomic mass is 32.2. The molecule has 150 valence electrons. The Hall–Kier alpha value is -2.23. The predicted molar refractivity (Wildman–Crippen MR) is 109 cm³/mol. The van der Waals surface area contributed by atoms with Crippen LogP contribution in [0.3, 0.4) is 0 Å². The predicted octanol–water partition coefficient (Wildman–Crippen LogP) is 2.81. The van der Waals surface area contributed by atoms with Crippen molar-refractivity contribution in [1.29, 1.82) is 0 Å². The van der Waals surface area contributed by atoms with Gasteiger partial charge in [0.05, 0.1) is 6.54 Å². The Morgan fingerprint density at radius 2 is 1.86 bits per heavy atom. The third-order valence-electron chi connectivity index (χ3n) is 4.41. The highest BCUT2D eigenvalue weighted by Crippen LogP contribution is 2.27. The number of benzene rings is 1. The van der Waals surface area contributed by atoms with Crippen molar-refractivity contribution in [2.75, 3.05) is 18.4 Å². The molecule has 0 spiro atoms. The summed E-state index contributed by atoms with van der Waals surface area (Å²) in [7, 11) is -3.45. The van der Waals surface area contributed by atoms with Crippen molar-refractivity contribution in [3.05, 3.63) is 46.8 Å². The van der Waals surface area contributed by atoms with Crippen molar-refractivity contribution in [2.45, 2.75) is 36.9 Å². The normalized spacial score (nSPS) is 15.2. The monoisotopic (exact) mass is 421 g/mol. The van der Waals surface area contributed by atoms with Gasteiger partial charge in [0.1, 0.15) is 4.21 Å². The highest BCUT2D eigenvalue weighted by Gasteiger charge is 2.27. The number of anilines is 1. The summed E-state index contributed by atoms with van der Waals surface area (Å²) in [6, 6.07) is 9.98. The molecule has 1 aliphatic rings. The SMILES string of the molecule is CC(=O)Nc1cccc(C(=O)NCc2ccc(S(=O)(=O)N3CCCCC3)s2)c1. The summed E-state index contributed by atoms with van der Waals surface area (Å²) in [4.78, 5) is 24.3. The summed E-state index contributed by atoms with van der Waals surface area (Å²) in [5, 5.41) is 5.43. The summed E-state index contributed by atoms with van der Waals surface area (Å²) in [6.07, 6.45) is 2.85. The second-order valence-electron chi connectivity index (χ2n) is 6.63. The zero-order valence-electron chi connectivity index (χ0n) is 15.6. The molecule has 1 saturated heterocycles. The number of hydrogen-bond donors (Lipinski definition) is 2. The third kappa shape index (κ3) is 4.98. The van der Waals surface area contributed by atoms with Crippen LogP contribution in [-0.2, 0) is 21.4 Å². The number of hydrogen-bond acceptors (Lipinski definition) is 5. The summed E-state index contributed by atoms with van der Waals surface area (Å²) >= 11 is 1.18. The Morgan fingerprint density at radius 3 is 2.57 bits per heavy atom. The van der Waals surface area contributed by atoms with Crippen molar-refractivity contribution in [3.8, 4) is 0 Å². The van der Waals surface area contributed by atoms with Crippen LogP contribution in [0.1, 0.15) is 41.4 Å². The van der Waals surface area contributed by atoms with Gasteiger partial charge >= 0.3 is 0 Å². The van der Waals surface area contributed by atoms with E-state index in [-0.39, 0.29) is 18.4 Å². The van der Waals surface area contributed by atoms with E-state index < -0.39 is 10.0 Å². The van der Waals surface area contributed by atoms with Crippen LogP contribution in [0.25, 0.3) is 0 Å². The van der Waals surface area contributed by atoms with Gasteiger partial charge in [0, 0.05) is 36.1 Å².